The molecule has 1 aliphatic carbocycles. The van der Waals surface area contributed by atoms with E-state index in [9.17, 15) is 0 Å². The van der Waals surface area contributed by atoms with Gasteiger partial charge in [-0.05, 0) is 32.7 Å². The smallest absolute Gasteiger partial charge is 0.0299 e. The Labute approximate surface area is 89.0 Å². The van der Waals surface area contributed by atoms with Crippen LogP contribution in [0, 0.1) is 5.92 Å². The summed E-state index contributed by atoms with van der Waals surface area (Å²) < 4.78 is 0. The second-order valence-corrected chi connectivity index (χ2v) is 4.72. The molecule has 1 saturated carbocycles. The summed E-state index contributed by atoms with van der Waals surface area (Å²) in [6.45, 7) is 6.25. The van der Waals surface area contributed by atoms with Gasteiger partial charge >= 0.3 is 0 Å². The standard InChI is InChI=1S/C13H25N/c1-11(2)13(14-3)12-9-7-5-4-6-8-10-12/h12-14H,1,4-10H2,2-3H3. The molecular formula is C13H25N. The van der Waals surface area contributed by atoms with Crippen LogP contribution < -0.4 is 5.32 Å². The third kappa shape index (κ3) is 3.45. The van der Waals surface area contributed by atoms with Gasteiger partial charge in [-0.2, -0.15) is 0 Å². The SMILES string of the molecule is C=C(C)C(NC)C1CCCCCCC1. The van der Waals surface area contributed by atoms with Crippen molar-refractivity contribution in [3.8, 4) is 0 Å². The fraction of sp³-hybridized carbons (Fsp3) is 0.846. The van der Waals surface area contributed by atoms with E-state index in [0.717, 1.165) is 5.92 Å². The Bertz CT molecular complexity index is 166. The normalized spacial score (nSPS) is 22.4. The fourth-order valence-corrected chi connectivity index (χ4v) is 2.71. The van der Waals surface area contributed by atoms with Gasteiger partial charge in [0.1, 0.15) is 0 Å². The van der Waals surface area contributed by atoms with Crippen molar-refractivity contribution in [1.29, 1.82) is 0 Å². The van der Waals surface area contributed by atoms with Crippen LogP contribution in [0.25, 0.3) is 0 Å². The molecule has 1 atom stereocenters. The molecule has 1 fully saturated rings. The molecule has 1 N–H and O–H groups in total. The molecule has 1 rings (SSSR count). The lowest BCUT2D eigenvalue weighted by Gasteiger charge is -2.28. The first-order valence-electron chi connectivity index (χ1n) is 6.08. The highest BCUT2D eigenvalue weighted by molar-refractivity contribution is 5.04. The molecule has 14 heavy (non-hydrogen) atoms. The van der Waals surface area contributed by atoms with Crippen molar-refractivity contribution in [2.45, 2.75) is 57.9 Å². The molecule has 0 saturated heterocycles. The number of likely N-dealkylation sites (N-methyl/N-ethyl adjacent to an activating group) is 1. The van der Waals surface area contributed by atoms with Gasteiger partial charge in [0.25, 0.3) is 0 Å². The molecule has 82 valence electrons. The van der Waals surface area contributed by atoms with Gasteiger partial charge in [-0.3, -0.25) is 0 Å². The van der Waals surface area contributed by atoms with E-state index >= 15 is 0 Å². The maximum absolute atomic E-state index is 4.09. The number of hydrogen-bond donors (Lipinski definition) is 1. The summed E-state index contributed by atoms with van der Waals surface area (Å²) in [5.41, 5.74) is 1.30. The minimum atomic E-state index is 0.549. The minimum Gasteiger partial charge on any atom is -0.313 e. The van der Waals surface area contributed by atoms with Crippen LogP contribution in [0.1, 0.15) is 51.9 Å². The Kier molecular flexibility index (Phi) is 5.24. The second kappa shape index (κ2) is 6.23. The predicted molar refractivity (Wildman–Crippen MR) is 63.5 cm³/mol. The highest BCUT2D eigenvalue weighted by atomic mass is 14.9. The van der Waals surface area contributed by atoms with Gasteiger partial charge in [-0.25, -0.2) is 0 Å². The number of hydrogen-bond acceptors (Lipinski definition) is 1. The van der Waals surface area contributed by atoms with Crippen LogP contribution >= 0.6 is 0 Å². The van der Waals surface area contributed by atoms with Gasteiger partial charge in [0, 0.05) is 6.04 Å². The summed E-state index contributed by atoms with van der Waals surface area (Å²) >= 11 is 0. The Balaban J connectivity index is 2.48. The van der Waals surface area contributed by atoms with Crippen LogP contribution in [0.3, 0.4) is 0 Å². The molecule has 0 radical (unpaired) electrons. The van der Waals surface area contributed by atoms with Gasteiger partial charge in [0.2, 0.25) is 0 Å². The molecule has 1 unspecified atom stereocenters. The van der Waals surface area contributed by atoms with Gasteiger partial charge in [-0.1, -0.05) is 44.3 Å². The Morgan fingerprint density at radius 2 is 1.64 bits per heavy atom. The number of nitrogens with one attached hydrogen (secondary N) is 1. The zero-order chi connectivity index (χ0) is 10.4. The molecule has 1 aliphatic rings. The van der Waals surface area contributed by atoms with Gasteiger partial charge in [0.05, 0.1) is 0 Å². The first-order valence-corrected chi connectivity index (χ1v) is 6.08. The van der Waals surface area contributed by atoms with Gasteiger partial charge in [0.15, 0.2) is 0 Å². The zero-order valence-corrected chi connectivity index (χ0v) is 9.81. The fourth-order valence-electron chi connectivity index (χ4n) is 2.71. The molecule has 0 amide bonds. The molecule has 0 bridgehead atoms. The lowest BCUT2D eigenvalue weighted by molar-refractivity contribution is 0.320. The van der Waals surface area contributed by atoms with Crippen molar-refractivity contribution in [1.82, 2.24) is 5.32 Å². The maximum atomic E-state index is 4.09. The van der Waals surface area contributed by atoms with E-state index in [4.69, 9.17) is 0 Å². The van der Waals surface area contributed by atoms with Crippen molar-refractivity contribution in [2.75, 3.05) is 7.05 Å². The van der Waals surface area contributed by atoms with Crippen LogP contribution in [0.15, 0.2) is 12.2 Å². The summed E-state index contributed by atoms with van der Waals surface area (Å²) in [7, 11) is 2.07. The van der Waals surface area contributed by atoms with Crippen molar-refractivity contribution < 1.29 is 0 Å². The van der Waals surface area contributed by atoms with Crippen molar-refractivity contribution >= 4 is 0 Å². The van der Waals surface area contributed by atoms with Crippen LogP contribution in [-0.2, 0) is 0 Å². The largest absolute Gasteiger partial charge is 0.313 e. The summed E-state index contributed by atoms with van der Waals surface area (Å²) in [6, 6.07) is 0.549. The second-order valence-electron chi connectivity index (χ2n) is 4.72. The quantitative estimate of drug-likeness (QED) is 0.680. The highest BCUT2D eigenvalue weighted by Gasteiger charge is 2.20. The predicted octanol–water partition coefficient (Wildman–Crippen LogP) is 3.51. The van der Waals surface area contributed by atoms with Crippen LogP contribution in [0.5, 0.6) is 0 Å². The lowest BCUT2D eigenvalue weighted by Crippen LogP contribution is -2.34. The Hall–Kier alpha value is -0.300. The molecule has 0 aromatic heterocycles. The summed E-state index contributed by atoms with van der Waals surface area (Å²) in [5, 5.41) is 3.42. The highest BCUT2D eigenvalue weighted by Crippen LogP contribution is 2.27. The third-order valence-electron chi connectivity index (χ3n) is 3.46. The Morgan fingerprint density at radius 1 is 1.14 bits per heavy atom. The van der Waals surface area contributed by atoms with Gasteiger partial charge < -0.3 is 5.32 Å². The molecular weight excluding hydrogens is 170 g/mol. The van der Waals surface area contributed by atoms with E-state index < -0.39 is 0 Å². The third-order valence-corrected chi connectivity index (χ3v) is 3.46. The van der Waals surface area contributed by atoms with Crippen molar-refractivity contribution in [2.24, 2.45) is 5.92 Å². The van der Waals surface area contributed by atoms with E-state index in [-0.39, 0.29) is 0 Å². The summed E-state index contributed by atoms with van der Waals surface area (Å²) in [4.78, 5) is 0. The zero-order valence-electron chi connectivity index (χ0n) is 9.81. The average Bonchev–Trinajstić information content (AvgIpc) is 2.08. The topological polar surface area (TPSA) is 12.0 Å². The Morgan fingerprint density at radius 3 is 2.07 bits per heavy atom. The van der Waals surface area contributed by atoms with E-state index in [1.807, 2.05) is 0 Å². The molecule has 1 heteroatoms. The summed E-state index contributed by atoms with van der Waals surface area (Å²) in [5.74, 6) is 0.831. The van der Waals surface area contributed by atoms with E-state index in [0.29, 0.717) is 6.04 Å². The van der Waals surface area contributed by atoms with Crippen LogP contribution in [0.4, 0.5) is 0 Å². The molecule has 0 aromatic carbocycles. The van der Waals surface area contributed by atoms with Crippen LogP contribution in [-0.4, -0.2) is 13.1 Å². The first-order chi connectivity index (χ1) is 6.75. The minimum absolute atomic E-state index is 0.549. The van der Waals surface area contributed by atoms with Crippen LogP contribution in [0.2, 0.25) is 0 Å². The van der Waals surface area contributed by atoms with Gasteiger partial charge in [-0.15, -0.1) is 0 Å². The molecule has 0 aliphatic heterocycles. The van der Waals surface area contributed by atoms with E-state index in [1.54, 1.807) is 0 Å². The average molecular weight is 195 g/mol. The van der Waals surface area contributed by atoms with E-state index in [2.05, 4.69) is 25.9 Å². The van der Waals surface area contributed by atoms with Crippen molar-refractivity contribution in [3.63, 3.8) is 0 Å². The summed E-state index contributed by atoms with van der Waals surface area (Å²) in [6.07, 6.45) is 9.92. The molecule has 1 nitrogen and oxygen atoms in total. The monoisotopic (exact) mass is 195 g/mol. The lowest BCUT2D eigenvalue weighted by atomic mass is 9.83. The molecule has 0 spiro atoms. The first kappa shape index (κ1) is 11.8. The van der Waals surface area contributed by atoms with E-state index in [1.165, 1.54) is 50.5 Å². The number of rotatable bonds is 3. The van der Waals surface area contributed by atoms with Crippen molar-refractivity contribution in [3.05, 3.63) is 12.2 Å². The molecule has 0 heterocycles. The maximum Gasteiger partial charge on any atom is 0.0299 e. The molecule has 0 aromatic rings.